The van der Waals surface area contributed by atoms with Gasteiger partial charge in [0.1, 0.15) is 0 Å². The zero-order valence-corrected chi connectivity index (χ0v) is 24.3. The maximum Gasteiger partial charge on any atom is 0.319 e. The quantitative estimate of drug-likeness (QED) is 0.116. The molecule has 3 N–H and O–H groups in total. The Morgan fingerprint density at radius 3 is 1.33 bits per heavy atom. The van der Waals surface area contributed by atoms with E-state index in [2.05, 4.69) is 56.0 Å². The first-order valence-electron chi connectivity index (χ1n) is 12.5. The SMILES string of the molecule is CCCCCCCC[CH2][Zn]([CH2]CCCCCCCC)[c]1ccccc1.OP(O)(O)=S. The standard InChI is InChI=1S/2C9H19.C6H5.H3O3PS.Zn/c2*1-3-5-7-9-8-6-4-2;1-2-4-6-5-3-1;1-4(2,3)5;/h2*1,3-9H2,2H3;1-5H;(H3,1,2,3,5);. The fourth-order valence-electron chi connectivity index (χ4n) is 4.27. The van der Waals surface area contributed by atoms with Gasteiger partial charge in [0.2, 0.25) is 0 Å². The van der Waals surface area contributed by atoms with Crippen molar-refractivity contribution in [3.8, 4) is 0 Å². The average Bonchev–Trinajstić information content (AvgIpc) is 2.70. The van der Waals surface area contributed by atoms with Gasteiger partial charge >= 0.3 is 171 Å². The van der Waals surface area contributed by atoms with Gasteiger partial charge in [-0.25, -0.2) is 0 Å². The van der Waals surface area contributed by atoms with E-state index in [0.29, 0.717) is 0 Å². The van der Waals surface area contributed by atoms with Gasteiger partial charge in [0, 0.05) is 0 Å². The van der Waals surface area contributed by atoms with Crippen LogP contribution in [0.4, 0.5) is 0 Å². The maximum absolute atomic E-state index is 7.56. The molecule has 0 aliphatic heterocycles. The van der Waals surface area contributed by atoms with E-state index >= 15 is 0 Å². The summed E-state index contributed by atoms with van der Waals surface area (Å²) in [4.78, 5) is 22.7. The fourth-order valence-corrected chi connectivity index (χ4v) is 12.7. The first kappa shape index (κ1) is 30.4. The zero-order chi connectivity index (χ0) is 22.5. The Hall–Kier alpha value is 0.373. The Kier molecular flexibility index (Phi) is 21.5. The second-order valence-corrected chi connectivity index (χ2v) is 19.6. The van der Waals surface area contributed by atoms with Gasteiger partial charge in [0.05, 0.1) is 0 Å². The molecule has 0 saturated carbocycles. The van der Waals surface area contributed by atoms with Gasteiger partial charge in [0.25, 0.3) is 0 Å². The molecule has 0 aliphatic carbocycles. The summed E-state index contributed by atoms with van der Waals surface area (Å²) >= 11 is 2.12. The molecule has 1 aromatic carbocycles. The van der Waals surface area contributed by atoms with Crippen LogP contribution >= 0.6 is 6.72 Å². The Morgan fingerprint density at radius 1 is 0.633 bits per heavy atom. The van der Waals surface area contributed by atoms with Crippen LogP contribution in [0.2, 0.25) is 10.0 Å². The van der Waals surface area contributed by atoms with Gasteiger partial charge in [-0.1, -0.05) is 0 Å². The predicted molar refractivity (Wildman–Crippen MR) is 133 cm³/mol. The second-order valence-electron chi connectivity index (χ2n) is 8.80. The minimum atomic E-state index is -3.81. The van der Waals surface area contributed by atoms with Crippen LogP contribution in [-0.4, -0.2) is 14.7 Å². The van der Waals surface area contributed by atoms with E-state index in [1.807, 2.05) is 0 Å². The predicted octanol–water partition coefficient (Wildman–Crippen LogP) is 7.46. The third-order valence-corrected chi connectivity index (χ3v) is 15.1. The molecule has 0 saturated heterocycles. The summed E-state index contributed by atoms with van der Waals surface area (Å²) in [5.41, 5.74) is 0. The summed E-state index contributed by atoms with van der Waals surface area (Å²) in [5.74, 6) is 0. The van der Waals surface area contributed by atoms with Crippen molar-refractivity contribution < 1.29 is 30.6 Å². The minimum Gasteiger partial charge on any atom is -0.325 e. The Labute approximate surface area is 196 Å². The number of rotatable bonds is 17. The first-order valence-corrected chi connectivity index (χ1v) is 20.8. The molecule has 0 radical (unpaired) electrons. The van der Waals surface area contributed by atoms with E-state index in [1.165, 1.54) is 89.9 Å². The van der Waals surface area contributed by atoms with Crippen molar-refractivity contribution in [3.63, 3.8) is 0 Å². The van der Waals surface area contributed by atoms with Crippen molar-refractivity contribution in [2.24, 2.45) is 0 Å². The summed E-state index contributed by atoms with van der Waals surface area (Å²) in [6, 6.07) is 11.6. The molecule has 0 spiro atoms. The van der Waals surface area contributed by atoms with E-state index in [9.17, 15) is 0 Å². The molecule has 3 nitrogen and oxygen atoms in total. The Morgan fingerprint density at radius 2 is 0.967 bits per heavy atom. The topological polar surface area (TPSA) is 60.7 Å². The Balaban J connectivity index is 0.00000150. The molecule has 1 rings (SSSR count). The van der Waals surface area contributed by atoms with Crippen LogP contribution in [0.1, 0.15) is 104 Å². The van der Waals surface area contributed by atoms with Crippen LogP contribution in [0.15, 0.2) is 30.3 Å². The fraction of sp³-hybridized carbons (Fsp3) is 0.750. The van der Waals surface area contributed by atoms with Crippen LogP contribution in [0.3, 0.4) is 0 Å². The third-order valence-electron chi connectivity index (χ3n) is 5.98. The van der Waals surface area contributed by atoms with Crippen LogP contribution < -0.4 is 4.16 Å². The van der Waals surface area contributed by atoms with E-state index in [1.54, 1.807) is 14.2 Å². The molecule has 30 heavy (non-hydrogen) atoms. The largest absolute Gasteiger partial charge is 0.325 e. The van der Waals surface area contributed by atoms with Gasteiger partial charge in [-0.15, -0.1) is 0 Å². The average molecular weight is 511 g/mol. The van der Waals surface area contributed by atoms with Crippen molar-refractivity contribution in [3.05, 3.63) is 30.3 Å². The number of benzene rings is 1. The molecular weight excluding hydrogens is 465 g/mol. The van der Waals surface area contributed by atoms with Crippen LogP contribution in [0.5, 0.6) is 0 Å². The first-order chi connectivity index (χ1) is 14.4. The van der Waals surface area contributed by atoms with Crippen LogP contribution in [0.25, 0.3) is 0 Å². The van der Waals surface area contributed by atoms with Crippen molar-refractivity contribution in [1.29, 1.82) is 0 Å². The van der Waals surface area contributed by atoms with Crippen molar-refractivity contribution >= 4 is 22.7 Å². The van der Waals surface area contributed by atoms with Gasteiger partial charge in [0.15, 0.2) is 0 Å². The summed E-state index contributed by atoms with van der Waals surface area (Å²) in [7, 11) is 0. The van der Waals surface area contributed by atoms with E-state index in [4.69, 9.17) is 14.7 Å². The van der Waals surface area contributed by atoms with Crippen molar-refractivity contribution in [2.45, 2.75) is 114 Å². The minimum absolute atomic E-state index is 1.37. The molecule has 6 heteroatoms. The van der Waals surface area contributed by atoms with Crippen molar-refractivity contribution in [1.82, 2.24) is 0 Å². The van der Waals surface area contributed by atoms with E-state index < -0.39 is 22.7 Å². The van der Waals surface area contributed by atoms with Gasteiger partial charge in [-0.3, -0.25) is 0 Å². The molecule has 0 fully saturated rings. The molecule has 0 aliphatic rings. The van der Waals surface area contributed by atoms with Crippen molar-refractivity contribution in [2.75, 3.05) is 0 Å². The summed E-state index contributed by atoms with van der Waals surface area (Å²) in [6.07, 6.45) is 20.4. The number of hydrogen-bond donors (Lipinski definition) is 3. The van der Waals surface area contributed by atoms with Gasteiger partial charge in [-0.05, 0) is 11.8 Å². The molecule has 0 unspecified atom stereocenters. The summed E-state index contributed by atoms with van der Waals surface area (Å²) in [5, 5.41) is 3.21. The zero-order valence-electron chi connectivity index (χ0n) is 19.6. The third kappa shape index (κ3) is 23.0. The Bertz CT molecular complexity index is 498. The van der Waals surface area contributed by atoms with Crippen LogP contribution in [0, 0.1) is 0 Å². The molecule has 0 atom stereocenters. The second kappa shape index (κ2) is 21.2. The van der Waals surface area contributed by atoms with E-state index in [0.717, 1.165) is 0 Å². The maximum atomic E-state index is 7.56. The molecule has 173 valence electrons. The molecule has 1 aromatic rings. The molecule has 0 amide bonds. The molecular formula is C24H46O3PSZn. The van der Waals surface area contributed by atoms with E-state index in [-0.39, 0.29) is 0 Å². The number of hydrogen-bond acceptors (Lipinski definition) is 1. The number of unbranched alkanes of at least 4 members (excludes halogenated alkanes) is 12. The molecule has 0 bridgehead atoms. The monoisotopic (exact) mass is 509 g/mol. The smallest absolute Gasteiger partial charge is 0.319 e. The summed E-state index contributed by atoms with van der Waals surface area (Å²) in [6.45, 7) is 0.811. The van der Waals surface area contributed by atoms with Gasteiger partial charge < -0.3 is 14.7 Å². The van der Waals surface area contributed by atoms with Gasteiger partial charge in [-0.2, -0.15) is 0 Å². The summed E-state index contributed by atoms with van der Waals surface area (Å²) < 4.78 is 1.79. The molecule has 0 aromatic heterocycles. The molecule has 0 heterocycles. The van der Waals surface area contributed by atoms with Crippen LogP contribution in [-0.2, 0) is 27.8 Å². The normalized spacial score (nSPS) is 11.1.